The van der Waals surface area contributed by atoms with E-state index in [-0.39, 0.29) is 11.3 Å². The van der Waals surface area contributed by atoms with Crippen LogP contribution in [0.4, 0.5) is 0 Å². The number of hydrogen-bond acceptors (Lipinski definition) is 3. The van der Waals surface area contributed by atoms with E-state index in [9.17, 15) is 9.90 Å². The fraction of sp³-hybridized carbons (Fsp3) is 0.250. The van der Waals surface area contributed by atoms with E-state index in [1.165, 1.54) is 6.07 Å². The van der Waals surface area contributed by atoms with Gasteiger partial charge >= 0.3 is 5.97 Å². The number of pyridine rings is 1. The molecule has 1 aromatic heterocycles. The minimum Gasteiger partial charge on any atom is -0.507 e. The Hall–Kier alpha value is -1.58. The maximum Gasteiger partial charge on any atom is 0.341 e. The Morgan fingerprint density at radius 2 is 2.08 bits per heavy atom. The Morgan fingerprint density at radius 3 is 2.50 bits per heavy atom. The molecule has 0 spiro atoms. The van der Waals surface area contributed by atoms with Gasteiger partial charge in [-0.2, -0.15) is 0 Å². The summed E-state index contributed by atoms with van der Waals surface area (Å²) >= 11 is 0. The molecule has 1 heterocycles. The third kappa shape index (κ3) is 1.37. The molecule has 2 N–H and O–H groups in total. The van der Waals surface area contributed by atoms with Gasteiger partial charge in [0, 0.05) is 11.8 Å². The van der Waals surface area contributed by atoms with Crippen LogP contribution in [0.5, 0.6) is 5.75 Å². The molecule has 0 bridgehead atoms. The monoisotopic (exact) mass is 167 g/mol. The predicted molar refractivity (Wildman–Crippen MR) is 42.3 cm³/mol. The minimum atomic E-state index is -1.16. The van der Waals surface area contributed by atoms with Gasteiger partial charge in [-0.05, 0) is 13.8 Å². The fourth-order valence-electron chi connectivity index (χ4n) is 1.07. The van der Waals surface area contributed by atoms with Crippen molar-refractivity contribution in [2.75, 3.05) is 0 Å². The van der Waals surface area contributed by atoms with E-state index in [1.54, 1.807) is 13.8 Å². The van der Waals surface area contributed by atoms with Crippen LogP contribution in [0.3, 0.4) is 0 Å². The first-order chi connectivity index (χ1) is 5.52. The molecule has 0 saturated carbocycles. The van der Waals surface area contributed by atoms with Crippen molar-refractivity contribution in [3.8, 4) is 5.75 Å². The van der Waals surface area contributed by atoms with Crippen molar-refractivity contribution in [3.63, 3.8) is 0 Å². The quantitative estimate of drug-likeness (QED) is 0.657. The number of aromatic hydroxyl groups is 1. The maximum atomic E-state index is 10.6. The van der Waals surface area contributed by atoms with Crippen LogP contribution in [0.15, 0.2) is 6.07 Å². The van der Waals surface area contributed by atoms with E-state index in [1.807, 2.05) is 0 Å². The van der Waals surface area contributed by atoms with Crippen molar-refractivity contribution < 1.29 is 15.0 Å². The van der Waals surface area contributed by atoms with Gasteiger partial charge in [-0.25, -0.2) is 4.79 Å². The molecule has 4 heteroatoms. The Labute approximate surface area is 69.5 Å². The number of aromatic carboxylic acids is 1. The molecule has 0 aliphatic rings. The van der Waals surface area contributed by atoms with Crippen LogP contribution in [0, 0.1) is 13.8 Å². The molecule has 12 heavy (non-hydrogen) atoms. The topological polar surface area (TPSA) is 70.4 Å². The number of aromatic nitrogens is 1. The highest BCUT2D eigenvalue weighted by Crippen LogP contribution is 2.19. The Bertz CT molecular complexity index is 310. The smallest absolute Gasteiger partial charge is 0.341 e. The summed E-state index contributed by atoms with van der Waals surface area (Å²) in [6.45, 7) is 3.24. The molecule has 1 rings (SSSR count). The zero-order chi connectivity index (χ0) is 9.30. The molecule has 0 aromatic carbocycles. The number of rotatable bonds is 1. The molecule has 0 aliphatic heterocycles. The average Bonchev–Trinajstić information content (AvgIpc) is 1.82. The molecule has 0 unspecified atom stereocenters. The lowest BCUT2D eigenvalue weighted by Gasteiger charge is -2.03. The van der Waals surface area contributed by atoms with Crippen LogP contribution in [0.2, 0.25) is 0 Å². The summed E-state index contributed by atoms with van der Waals surface area (Å²) in [7, 11) is 0. The van der Waals surface area contributed by atoms with Crippen molar-refractivity contribution in [2.45, 2.75) is 13.8 Å². The lowest BCUT2D eigenvalue weighted by molar-refractivity contribution is 0.0692. The minimum absolute atomic E-state index is 0.124. The number of carboxylic acid groups (broad SMARTS) is 1. The second-order valence-electron chi connectivity index (χ2n) is 2.55. The molecule has 0 aliphatic carbocycles. The van der Waals surface area contributed by atoms with Crippen molar-refractivity contribution in [2.24, 2.45) is 0 Å². The summed E-state index contributed by atoms with van der Waals surface area (Å²) in [5, 5.41) is 17.9. The highest BCUT2D eigenvalue weighted by Gasteiger charge is 2.13. The SMILES string of the molecule is Cc1cc(O)c(C(=O)O)c(C)n1. The molecule has 0 atom stereocenters. The summed E-state index contributed by atoms with van der Waals surface area (Å²) in [5.74, 6) is -1.38. The highest BCUT2D eigenvalue weighted by atomic mass is 16.4. The van der Waals surface area contributed by atoms with Gasteiger partial charge in [-0.3, -0.25) is 4.98 Å². The zero-order valence-corrected chi connectivity index (χ0v) is 6.83. The molecular weight excluding hydrogens is 158 g/mol. The van der Waals surface area contributed by atoms with Gasteiger partial charge in [-0.15, -0.1) is 0 Å². The van der Waals surface area contributed by atoms with E-state index in [0.29, 0.717) is 11.4 Å². The lowest BCUT2D eigenvalue weighted by atomic mass is 10.1. The molecule has 64 valence electrons. The van der Waals surface area contributed by atoms with Crippen LogP contribution in [-0.4, -0.2) is 21.2 Å². The van der Waals surface area contributed by atoms with E-state index in [2.05, 4.69) is 4.98 Å². The van der Waals surface area contributed by atoms with E-state index >= 15 is 0 Å². The number of hydrogen-bond donors (Lipinski definition) is 2. The van der Waals surface area contributed by atoms with E-state index in [0.717, 1.165) is 0 Å². The van der Waals surface area contributed by atoms with Crippen molar-refractivity contribution in [3.05, 3.63) is 23.0 Å². The van der Waals surface area contributed by atoms with Crippen LogP contribution < -0.4 is 0 Å². The third-order valence-corrected chi connectivity index (χ3v) is 1.52. The molecule has 1 aromatic rings. The van der Waals surface area contributed by atoms with Gasteiger partial charge in [-0.1, -0.05) is 0 Å². The largest absolute Gasteiger partial charge is 0.507 e. The molecule has 0 saturated heterocycles. The Balaban J connectivity index is 3.38. The van der Waals surface area contributed by atoms with Crippen molar-refractivity contribution >= 4 is 5.97 Å². The van der Waals surface area contributed by atoms with Gasteiger partial charge in [0.2, 0.25) is 0 Å². The molecule has 0 amide bonds. The second-order valence-corrected chi connectivity index (χ2v) is 2.55. The van der Waals surface area contributed by atoms with Gasteiger partial charge in [0.1, 0.15) is 11.3 Å². The average molecular weight is 167 g/mol. The van der Waals surface area contributed by atoms with Crippen LogP contribution in [0.1, 0.15) is 21.7 Å². The first kappa shape index (κ1) is 8.52. The molecular formula is C8H9NO3. The third-order valence-electron chi connectivity index (χ3n) is 1.52. The lowest BCUT2D eigenvalue weighted by Crippen LogP contribution is -2.03. The summed E-state index contributed by atoms with van der Waals surface area (Å²) in [4.78, 5) is 14.5. The zero-order valence-electron chi connectivity index (χ0n) is 6.83. The van der Waals surface area contributed by atoms with Gasteiger partial charge < -0.3 is 10.2 Å². The van der Waals surface area contributed by atoms with Gasteiger partial charge in [0.25, 0.3) is 0 Å². The first-order valence-electron chi connectivity index (χ1n) is 3.43. The number of aryl methyl sites for hydroxylation is 2. The van der Waals surface area contributed by atoms with Crippen molar-refractivity contribution in [1.82, 2.24) is 4.98 Å². The number of carbonyl (C=O) groups is 1. The summed E-state index contributed by atoms with van der Waals surface area (Å²) in [5.41, 5.74) is 0.815. The first-order valence-corrected chi connectivity index (χ1v) is 3.43. The normalized spacial score (nSPS) is 9.83. The summed E-state index contributed by atoms with van der Waals surface area (Å²) in [6, 6.07) is 1.33. The highest BCUT2D eigenvalue weighted by molar-refractivity contribution is 5.91. The summed E-state index contributed by atoms with van der Waals surface area (Å²) in [6.07, 6.45) is 0. The number of carboxylic acids is 1. The van der Waals surface area contributed by atoms with Gasteiger partial charge in [0.15, 0.2) is 0 Å². The predicted octanol–water partition coefficient (Wildman–Crippen LogP) is 1.10. The number of nitrogens with zero attached hydrogens (tertiary/aromatic N) is 1. The van der Waals surface area contributed by atoms with E-state index < -0.39 is 5.97 Å². The van der Waals surface area contributed by atoms with Gasteiger partial charge in [0.05, 0.1) is 5.69 Å². The molecule has 0 radical (unpaired) electrons. The molecule has 0 fully saturated rings. The van der Waals surface area contributed by atoms with Crippen LogP contribution in [-0.2, 0) is 0 Å². The standard InChI is InChI=1S/C8H9NO3/c1-4-3-6(10)7(8(11)12)5(2)9-4/h3H,1-2H3,(H,9,10)(H,11,12). The summed E-state index contributed by atoms with van der Waals surface area (Å²) < 4.78 is 0. The van der Waals surface area contributed by atoms with E-state index in [4.69, 9.17) is 5.11 Å². The van der Waals surface area contributed by atoms with Crippen LogP contribution >= 0.6 is 0 Å². The Morgan fingerprint density at radius 1 is 1.50 bits per heavy atom. The maximum absolute atomic E-state index is 10.6. The Kier molecular flexibility index (Phi) is 1.99. The van der Waals surface area contributed by atoms with Crippen molar-refractivity contribution in [1.29, 1.82) is 0 Å². The second kappa shape index (κ2) is 2.81. The van der Waals surface area contributed by atoms with Crippen LogP contribution in [0.25, 0.3) is 0 Å². The molecule has 4 nitrogen and oxygen atoms in total. The fourth-order valence-corrected chi connectivity index (χ4v) is 1.07.